The lowest BCUT2D eigenvalue weighted by Crippen LogP contribution is -2.30. The van der Waals surface area contributed by atoms with E-state index < -0.39 is 5.97 Å². The fourth-order valence-electron chi connectivity index (χ4n) is 1.29. The average Bonchev–Trinajstić information content (AvgIpc) is 2.26. The maximum atomic E-state index is 11.2. The largest absolute Gasteiger partial charge is 0.480 e. The van der Waals surface area contributed by atoms with E-state index in [9.17, 15) is 9.59 Å². The van der Waals surface area contributed by atoms with Gasteiger partial charge in [0.05, 0.1) is 5.75 Å². The Morgan fingerprint density at radius 1 is 1.41 bits per heavy atom. The molecule has 1 aromatic carbocycles. The molecule has 0 aromatic heterocycles. The Morgan fingerprint density at radius 3 is 2.82 bits per heavy atom. The van der Waals surface area contributed by atoms with Crippen LogP contribution in [0, 0.1) is 6.92 Å². The topological polar surface area (TPSA) is 66.4 Å². The minimum absolute atomic E-state index is 0.245. The van der Waals surface area contributed by atoms with Crippen LogP contribution in [0.25, 0.3) is 0 Å². The van der Waals surface area contributed by atoms with Crippen molar-refractivity contribution in [1.29, 1.82) is 0 Å². The summed E-state index contributed by atoms with van der Waals surface area (Å²) in [6.07, 6.45) is 0. The average molecular weight is 253 g/mol. The van der Waals surface area contributed by atoms with Crippen LogP contribution in [0.1, 0.15) is 11.1 Å². The molecule has 1 amide bonds. The Kier molecular flexibility index (Phi) is 5.56. The number of aryl methyl sites for hydroxylation is 1. The van der Waals surface area contributed by atoms with Gasteiger partial charge >= 0.3 is 5.97 Å². The lowest BCUT2D eigenvalue weighted by molar-refractivity contribution is -0.137. The molecule has 4 nitrogen and oxygen atoms in total. The van der Waals surface area contributed by atoms with Gasteiger partial charge in [-0.1, -0.05) is 29.8 Å². The van der Waals surface area contributed by atoms with E-state index in [1.807, 2.05) is 25.1 Å². The van der Waals surface area contributed by atoms with E-state index >= 15 is 0 Å². The van der Waals surface area contributed by atoms with Crippen molar-refractivity contribution >= 4 is 23.6 Å². The van der Waals surface area contributed by atoms with E-state index in [0.717, 1.165) is 5.75 Å². The minimum Gasteiger partial charge on any atom is -0.480 e. The first-order valence-electron chi connectivity index (χ1n) is 5.19. The van der Waals surface area contributed by atoms with E-state index in [-0.39, 0.29) is 18.2 Å². The van der Waals surface area contributed by atoms with Crippen LogP contribution in [-0.4, -0.2) is 29.3 Å². The zero-order valence-electron chi connectivity index (χ0n) is 9.60. The summed E-state index contributed by atoms with van der Waals surface area (Å²) in [7, 11) is 0. The maximum absolute atomic E-state index is 11.2. The van der Waals surface area contributed by atoms with E-state index in [1.165, 1.54) is 22.9 Å². The van der Waals surface area contributed by atoms with Gasteiger partial charge in [-0.3, -0.25) is 9.59 Å². The first-order chi connectivity index (χ1) is 8.08. The third kappa shape index (κ3) is 5.97. The third-order valence-electron chi connectivity index (χ3n) is 2.02. The number of carboxylic acid groups (broad SMARTS) is 1. The zero-order chi connectivity index (χ0) is 12.7. The van der Waals surface area contributed by atoms with Crippen molar-refractivity contribution in [3.8, 4) is 0 Å². The SMILES string of the molecule is Cc1cccc(CSCC(=O)NCC(=O)O)c1. The molecule has 0 aliphatic rings. The summed E-state index contributed by atoms with van der Waals surface area (Å²) < 4.78 is 0. The molecule has 0 unspecified atom stereocenters. The summed E-state index contributed by atoms with van der Waals surface area (Å²) in [5.74, 6) is -0.240. The highest BCUT2D eigenvalue weighted by atomic mass is 32.2. The van der Waals surface area contributed by atoms with Crippen molar-refractivity contribution in [2.45, 2.75) is 12.7 Å². The number of carboxylic acids is 1. The molecule has 0 radical (unpaired) electrons. The van der Waals surface area contributed by atoms with Crippen LogP contribution >= 0.6 is 11.8 Å². The van der Waals surface area contributed by atoms with Crippen LogP contribution in [0.5, 0.6) is 0 Å². The van der Waals surface area contributed by atoms with Gasteiger partial charge in [0, 0.05) is 5.75 Å². The van der Waals surface area contributed by atoms with E-state index in [2.05, 4.69) is 11.4 Å². The molecule has 2 N–H and O–H groups in total. The summed E-state index contributed by atoms with van der Waals surface area (Å²) in [5.41, 5.74) is 2.36. The number of hydrogen-bond acceptors (Lipinski definition) is 3. The quantitative estimate of drug-likeness (QED) is 0.805. The maximum Gasteiger partial charge on any atom is 0.322 e. The first-order valence-corrected chi connectivity index (χ1v) is 6.35. The molecule has 1 rings (SSSR count). The van der Waals surface area contributed by atoms with Crippen LogP contribution in [0.15, 0.2) is 24.3 Å². The second-order valence-corrected chi connectivity index (χ2v) is 4.64. The number of hydrogen-bond donors (Lipinski definition) is 2. The lowest BCUT2D eigenvalue weighted by Gasteiger charge is -2.03. The summed E-state index contributed by atoms with van der Waals surface area (Å²) >= 11 is 1.47. The molecular formula is C12H15NO3S. The van der Waals surface area contributed by atoms with Gasteiger partial charge in [0.1, 0.15) is 6.54 Å². The van der Waals surface area contributed by atoms with Crippen LogP contribution in [0.4, 0.5) is 0 Å². The van der Waals surface area contributed by atoms with Crippen LogP contribution < -0.4 is 5.32 Å². The van der Waals surface area contributed by atoms with Crippen molar-refractivity contribution in [2.24, 2.45) is 0 Å². The van der Waals surface area contributed by atoms with E-state index in [4.69, 9.17) is 5.11 Å². The zero-order valence-corrected chi connectivity index (χ0v) is 10.4. The Hall–Kier alpha value is -1.49. The lowest BCUT2D eigenvalue weighted by atomic mass is 10.2. The normalized spacial score (nSPS) is 9.94. The molecule has 5 heteroatoms. The van der Waals surface area contributed by atoms with Gasteiger partial charge < -0.3 is 10.4 Å². The molecule has 0 spiro atoms. The number of nitrogens with one attached hydrogen (secondary N) is 1. The molecule has 0 aliphatic carbocycles. The predicted octanol–water partition coefficient (Wildman–Crippen LogP) is 1.43. The smallest absolute Gasteiger partial charge is 0.322 e. The van der Waals surface area contributed by atoms with Gasteiger partial charge in [0.15, 0.2) is 0 Å². The molecule has 0 heterocycles. The Balaban J connectivity index is 2.23. The third-order valence-corrected chi connectivity index (χ3v) is 3.02. The van der Waals surface area contributed by atoms with Crippen LogP contribution in [0.2, 0.25) is 0 Å². The number of carbonyl (C=O) groups excluding carboxylic acids is 1. The number of thioether (sulfide) groups is 1. The van der Waals surface area contributed by atoms with Gasteiger partial charge in [0.2, 0.25) is 5.91 Å². The molecular weight excluding hydrogens is 238 g/mol. The second-order valence-electron chi connectivity index (χ2n) is 3.65. The van der Waals surface area contributed by atoms with Gasteiger partial charge in [0.25, 0.3) is 0 Å². The molecule has 0 atom stereocenters. The number of rotatable bonds is 6. The molecule has 0 aliphatic heterocycles. The minimum atomic E-state index is -1.03. The summed E-state index contributed by atoms with van der Waals surface area (Å²) in [5, 5.41) is 10.7. The van der Waals surface area contributed by atoms with Gasteiger partial charge in [-0.05, 0) is 12.5 Å². The Morgan fingerprint density at radius 2 is 2.18 bits per heavy atom. The summed E-state index contributed by atoms with van der Waals surface area (Å²) in [6, 6.07) is 8.08. The number of aliphatic carboxylic acids is 1. The summed E-state index contributed by atoms with van der Waals surface area (Å²) in [6.45, 7) is 1.71. The van der Waals surface area contributed by atoms with Gasteiger partial charge in [-0.2, -0.15) is 0 Å². The van der Waals surface area contributed by atoms with E-state index in [1.54, 1.807) is 0 Å². The van der Waals surface area contributed by atoms with Gasteiger partial charge in [-0.15, -0.1) is 11.8 Å². The molecule has 0 saturated carbocycles. The summed E-state index contributed by atoms with van der Waals surface area (Å²) in [4.78, 5) is 21.4. The molecule has 0 fully saturated rings. The highest BCUT2D eigenvalue weighted by molar-refractivity contribution is 7.99. The molecule has 92 valence electrons. The van der Waals surface area contributed by atoms with E-state index in [0.29, 0.717) is 0 Å². The highest BCUT2D eigenvalue weighted by Crippen LogP contribution is 2.12. The van der Waals surface area contributed by atoms with Crippen LogP contribution in [-0.2, 0) is 15.3 Å². The highest BCUT2D eigenvalue weighted by Gasteiger charge is 2.03. The molecule has 0 saturated heterocycles. The second kappa shape index (κ2) is 6.96. The molecule has 0 bridgehead atoms. The van der Waals surface area contributed by atoms with Crippen molar-refractivity contribution in [2.75, 3.05) is 12.3 Å². The fourth-order valence-corrected chi connectivity index (χ4v) is 2.09. The Bertz CT molecular complexity index is 406. The van der Waals surface area contributed by atoms with Crippen molar-refractivity contribution in [3.63, 3.8) is 0 Å². The predicted molar refractivity (Wildman–Crippen MR) is 68.0 cm³/mol. The van der Waals surface area contributed by atoms with Crippen molar-refractivity contribution in [3.05, 3.63) is 35.4 Å². The fraction of sp³-hybridized carbons (Fsp3) is 0.333. The van der Waals surface area contributed by atoms with Crippen molar-refractivity contribution in [1.82, 2.24) is 5.32 Å². The van der Waals surface area contributed by atoms with Crippen LogP contribution in [0.3, 0.4) is 0 Å². The standard InChI is InChI=1S/C12H15NO3S/c1-9-3-2-4-10(5-9)7-17-8-11(14)13-6-12(15)16/h2-5H,6-8H2,1H3,(H,13,14)(H,15,16). The Labute approximate surface area is 104 Å². The number of benzene rings is 1. The van der Waals surface area contributed by atoms with Gasteiger partial charge in [-0.25, -0.2) is 0 Å². The number of amides is 1. The molecule has 1 aromatic rings. The number of carbonyl (C=O) groups is 2. The molecule has 17 heavy (non-hydrogen) atoms. The first kappa shape index (κ1) is 13.6. The monoisotopic (exact) mass is 253 g/mol. The van der Waals surface area contributed by atoms with Crippen molar-refractivity contribution < 1.29 is 14.7 Å².